The van der Waals surface area contributed by atoms with Crippen molar-refractivity contribution in [3.8, 4) is 5.75 Å². The molecule has 0 aliphatic carbocycles. The number of carbonyl (C=O) groups excluding carboxylic acids is 1. The lowest BCUT2D eigenvalue weighted by atomic mass is 10.1. The van der Waals surface area contributed by atoms with Crippen LogP contribution in [0.1, 0.15) is 5.56 Å². The summed E-state index contributed by atoms with van der Waals surface area (Å²) >= 11 is 12.2. The maximum absolute atomic E-state index is 11.1. The summed E-state index contributed by atoms with van der Waals surface area (Å²) in [6.45, 7) is 0.154. The molecule has 1 N–H and O–H groups in total. The number of phenolic OH excluding ortho intramolecular Hbond substituents is 1. The molecular weight excluding hydrogens is 363 g/mol. The zero-order valence-electron chi connectivity index (χ0n) is 7.76. The van der Waals surface area contributed by atoms with Gasteiger partial charge in [-0.15, -0.1) is 0 Å². The molecule has 16 heavy (non-hydrogen) atoms. The van der Waals surface area contributed by atoms with E-state index in [2.05, 4.69) is 31.9 Å². The van der Waals surface area contributed by atoms with Gasteiger partial charge in [-0.2, -0.15) is 0 Å². The quantitative estimate of drug-likeness (QED) is 0.773. The minimum atomic E-state index is -0.517. The number of halogens is 3. The highest BCUT2D eigenvalue weighted by Crippen LogP contribution is 2.37. The predicted molar refractivity (Wildman–Crippen MR) is 67.2 cm³/mol. The monoisotopic (exact) mass is 366 g/mol. The van der Waals surface area contributed by atoms with Gasteiger partial charge in [-0.25, -0.2) is 4.79 Å². The van der Waals surface area contributed by atoms with Crippen LogP contribution >= 0.6 is 43.5 Å². The van der Waals surface area contributed by atoms with Crippen molar-refractivity contribution in [2.24, 2.45) is 0 Å². The van der Waals surface area contributed by atoms with Gasteiger partial charge in [-0.05, 0) is 49.6 Å². The second-order valence-corrected chi connectivity index (χ2v) is 5.24. The Labute approximate surface area is 113 Å². The van der Waals surface area contributed by atoms with Gasteiger partial charge in [0.2, 0.25) is 0 Å². The van der Waals surface area contributed by atoms with Gasteiger partial charge in [0.15, 0.2) is 0 Å². The third-order valence-corrected chi connectivity index (χ3v) is 3.75. The molecule has 6 heteroatoms. The lowest BCUT2D eigenvalue weighted by molar-refractivity contribution is -0.135. The van der Waals surface area contributed by atoms with Gasteiger partial charge in [-0.1, -0.05) is 11.6 Å². The zero-order valence-corrected chi connectivity index (χ0v) is 11.7. The first-order valence-corrected chi connectivity index (χ1v) is 6.21. The number of hydrogen-bond donors (Lipinski definition) is 1. The van der Waals surface area contributed by atoms with Crippen molar-refractivity contribution in [1.29, 1.82) is 0 Å². The highest BCUT2D eigenvalue weighted by molar-refractivity contribution is 9.11. The van der Waals surface area contributed by atoms with Crippen LogP contribution in [0.25, 0.3) is 5.57 Å². The number of carbonyl (C=O) groups is 1. The van der Waals surface area contributed by atoms with E-state index in [-0.39, 0.29) is 17.4 Å². The molecule has 1 aromatic rings. The van der Waals surface area contributed by atoms with Gasteiger partial charge in [0.05, 0.1) is 8.95 Å². The largest absolute Gasteiger partial charge is 0.506 e. The SMILES string of the molecule is O=C1OCC(c2cc(Br)c(O)c(Br)c2)=C1Cl. The zero-order chi connectivity index (χ0) is 11.9. The third-order valence-electron chi connectivity index (χ3n) is 2.16. The molecule has 0 amide bonds. The summed E-state index contributed by atoms with van der Waals surface area (Å²) in [5.74, 6) is -0.414. The summed E-state index contributed by atoms with van der Waals surface area (Å²) in [5.41, 5.74) is 1.35. The highest BCUT2D eigenvalue weighted by atomic mass is 79.9. The number of esters is 1. The van der Waals surface area contributed by atoms with Crippen LogP contribution in [-0.2, 0) is 9.53 Å². The number of ether oxygens (including phenoxy) is 1. The van der Waals surface area contributed by atoms with Gasteiger partial charge >= 0.3 is 5.97 Å². The molecule has 1 aromatic carbocycles. The fourth-order valence-electron chi connectivity index (χ4n) is 1.34. The molecule has 0 bridgehead atoms. The van der Waals surface area contributed by atoms with E-state index in [9.17, 15) is 9.90 Å². The van der Waals surface area contributed by atoms with E-state index in [1.807, 2.05) is 0 Å². The van der Waals surface area contributed by atoms with Crippen LogP contribution in [-0.4, -0.2) is 17.7 Å². The molecule has 0 radical (unpaired) electrons. The predicted octanol–water partition coefficient (Wildman–Crippen LogP) is 3.42. The van der Waals surface area contributed by atoms with Crippen LogP contribution in [0.15, 0.2) is 26.1 Å². The lowest BCUT2D eigenvalue weighted by Gasteiger charge is -2.06. The van der Waals surface area contributed by atoms with E-state index in [1.165, 1.54) is 0 Å². The molecule has 0 aromatic heterocycles. The average Bonchev–Trinajstić information content (AvgIpc) is 2.56. The maximum atomic E-state index is 11.1. The van der Waals surface area contributed by atoms with Crippen LogP contribution < -0.4 is 0 Å². The number of benzene rings is 1. The highest BCUT2D eigenvalue weighted by Gasteiger charge is 2.25. The fraction of sp³-hybridized carbons (Fsp3) is 0.100. The Morgan fingerprint density at radius 3 is 2.31 bits per heavy atom. The Morgan fingerprint density at radius 2 is 1.88 bits per heavy atom. The van der Waals surface area contributed by atoms with Gasteiger partial charge in [-0.3, -0.25) is 0 Å². The summed E-state index contributed by atoms with van der Waals surface area (Å²) in [7, 11) is 0. The Morgan fingerprint density at radius 1 is 1.31 bits per heavy atom. The Hall–Kier alpha value is -0.520. The van der Waals surface area contributed by atoms with Crippen molar-refractivity contribution in [1.82, 2.24) is 0 Å². The third kappa shape index (κ3) is 1.99. The molecule has 1 aliphatic rings. The smallest absolute Gasteiger partial charge is 0.350 e. The number of phenols is 1. The molecule has 0 fully saturated rings. The van der Waals surface area contributed by atoms with Crippen LogP contribution in [0.2, 0.25) is 0 Å². The van der Waals surface area contributed by atoms with Crippen molar-refractivity contribution < 1.29 is 14.6 Å². The minimum absolute atomic E-state index is 0.0875. The number of aromatic hydroxyl groups is 1. The molecule has 3 nitrogen and oxygen atoms in total. The van der Waals surface area contributed by atoms with Gasteiger partial charge in [0.25, 0.3) is 0 Å². The van der Waals surface area contributed by atoms with Gasteiger partial charge in [0, 0.05) is 5.57 Å². The fourth-order valence-corrected chi connectivity index (χ4v) is 2.74. The van der Waals surface area contributed by atoms with E-state index in [0.29, 0.717) is 14.5 Å². The molecule has 0 spiro atoms. The van der Waals surface area contributed by atoms with Gasteiger partial charge in [0.1, 0.15) is 17.4 Å². The summed E-state index contributed by atoms with van der Waals surface area (Å²) in [6.07, 6.45) is 0. The minimum Gasteiger partial charge on any atom is -0.506 e. The number of rotatable bonds is 1. The van der Waals surface area contributed by atoms with E-state index in [0.717, 1.165) is 5.56 Å². The molecule has 0 saturated heterocycles. The first-order valence-electron chi connectivity index (χ1n) is 4.25. The van der Waals surface area contributed by atoms with Crippen molar-refractivity contribution in [3.63, 3.8) is 0 Å². The van der Waals surface area contributed by atoms with Crippen molar-refractivity contribution in [2.75, 3.05) is 6.61 Å². The van der Waals surface area contributed by atoms with E-state index >= 15 is 0 Å². The van der Waals surface area contributed by atoms with E-state index in [4.69, 9.17) is 16.3 Å². The molecule has 1 heterocycles. The lowest BCUT2D eigenvalue weighted by Crippen LogP contribution is -1.93. The van der Waals surface area contributed by atoms with Crippen molar-refractivity contribution in [3.05, 3.63) is 31.7 Å². The maximum Gasteiger partial charge on any atom is 0.350 e. The van der Waals surface area contributed by atoms with Crippen LogP contribution in [0.4, 0.5) is 0 Å². The summed E-state index contributed by atoms with van der Waals surface area (Å²) in [6, 6.07) is 3.36. The van der Waals surface area contributed by atoms with Crippen molar-refractivity contribution in [2.45, 2.75) is 0 Å². The van der Waals surface area contributed by atoms with Crippen molar-refractivity contribution >= 4 is 55.0 Å². The van der Waals surface area contributed by atoms with Crippen LogP contribution in [0.3, 0.4) is 0 Å². The molecule has 1 aliphatic heterocycles. The summed E-state index contributed by atoms with van der Waals surface area (Å²) < 4.78 is 5.85. The average molecular weight is 368 g/mol. The number of hydrogen-bond acceptors (Lipinski definition) is 3. The van der Waals surface area contributed by atoms with Gasteiger partial charge < -0.3 is 9.84 Å². The molecule has 0 atom stereocenters. The summed E-state index contributed by atoms with van der Waals surface area (Å²) in [5, 5.41) is 9.64. The molecule has 0 unspecified atom stereocenters. The standard InChI is InChI=1S/C10H5Br2ClO3/c11-6-1-4(2-7(12)9(6)14)5-3-16-10(15)8(5)13/h1-2,14H,3H2. The summed E-state index contributed by atoms with van der Waals surface area (Å²) in [4.78, 5) is 11.1. The molecule has 0 saturated carbocycles. The second kappa shape index (κ2) is 4.39. The first kappa shape index (κ1) is 12.0. The number of cyclic esters (lactones) is 1. The normalized spacial score (nSPS) is 15.6. The Bertz CT molecular complexity index is 488. The van der Waals surface area contributed by atoms with Crippen LogP contribution in [0, 0.1) is 0 Å². The Kier molecular flexibility index (Phi) is 3.28. The topological polar surface area (TPSA) is 46.5 Å². The first-order chi connectivity index (χ1) is 7.50. The molecular formula is C10H5Br2ClO3. The van der Waals surface area contributed by atoms with Crippen LogP contribution in [0.5, 0.6) is 5.75 Å². The van der Waals surface area contributed by atoms with E-state index in [1.54, 1.807) is 12.1 Å². The second-order valence-electron chi connectivity index (χ2n) is 3.16. The Balaban J connectivity index is 2.54. The molecule has 2 rings (SSSR count). The molecule has 84 valence electrons. The van der Waals surface area contributed by atoms with E-state index < -0.39 is 5.97 Å².